The summed E-state index contributed by atoms with van der Waals surface area (Å²) < 4.78 is 5.60. The van der Waals surface area contributed by atoms with Crippen LogP contribution in [-0.4, -0.2) is 81.0 Å². The number of rotatable bonds is 7. The zero-order valence-corrected chi connectivity index (χ0v) is 20.3. The summed E-state index contributed by atoms with van der Waals surface area (Å²) in [4.78, 5) is 33.3. The normalized spacial score (nSPS) is 18.3. The Morgan fingerprint density at radius 1 is 1.17 bits per heavy atom. The number of ether oxygens (including phenoxy) is 1. The number of carbonyl (C=O) groups excluding carboxylic acids is 1. The predicted octanol–water partition coefficient (Wildman–Crippen LogP) is 2.84. The molecule has 2 aliphatic rings. The number of piperidine rings is 1. The summed E-state index contributed by atoms with van der Waals surface area (Å²) in [6.45, 7) is 4.73. The van der Waals surface area contributed by atoms with Gasteiger partial charge in [0, 0.05) is 31.8 Å². The molecule has 2 fully saturated rings. The first-order chi connectivity index (χ1) is 17.7. The third kappa shape index (κ3) is 6.20. The van der Waals surface area contributed by atoms with E-state index in [2.05, 4.69) is 42.0 Å². The van der Waals surface area contributed by atoms with Gasteiger partial charge in [-0.05, 0) is 50.4 Å². The second kappa shape index (κ2) is 11.7. The van der Waals surface area contributed by atoms with Gasteiger partial charge in [0.15, 0.2) is 17.3 Å². The van der Waals surface area contributed by atoms with E-state index in [-0.39, 0.29) is 18.6 Å². The van der Waals surface area contributed by atoms with Crippen molar-refractivity contribution in [1.82, 2.24) is 29.7 Å². The van der Waals surface area contributed by atoms with Crippen molar-refractivity contribution in [3.8, 4) is 17.6 Å². The van der Waals surface area contributed by atoms with Gasteiger partial charge in [0.25, 0.3) is 0 Å². The van der Waals surface area contributed by atoms with Gasteiger partial charge in [0.05, 0.1) is 0 Å². The number of fused-ring (bicyclic) bond motifs is 1. The lowest BCUT2D eigenvalue weighted by Gasteiger charge is -2.24. The summed E-state index contributed by atoms with van der Waals surface area (Å²) in [7, 11) is 0. The van der Waals surface area contributed by atoms with E-state index in [1.165, 1.54) is 25.6 Å². The second-order valence-electron chi connectivity index (χ2n) is 9.09. The number of anilines is 1. The Morgan fingerprint density at radius 3 is 2.89 bits per heavy atom. The summed E-state index contributed by atoms with van der Waals surface area (Å²) in [6.07, 6.45) is 9.89. The quantitative estimate of drug-likeness (QED) is 0.392. The first kappa shape index (κ1) is 23.8. The van der Waals surface area contributed by atoms with E-state index >= 15 is 0 Å². The molecule has 1 amide bonds. The summed E-state index contributed by atoms with van der Waals surface area (Å²) >= 11 is 0. The highest BCUT2D eigenvalue weighted by Gasteiger charge is 2.26. The lowest BCUT2D eigenvalue weighted by Crippen LogP contribution is -2.31. The standard InChI is InChI=1S/C27H31N7O2/c35-24(12-7-16-33-14-5-2-6-15-33)34-17-13-21(19-34)30-26-25-27(29-20-28-26)32-23(31-25)11-8-18-36-22-9-3-1-4-10-22/h1,3-4,7,9-10,12,20-21H,2,5-6,13-19H2,(H2,28,29,30,31,32)/b12-7+. The molecular weight excluding hydrogens is 454 g/mol. The van der Waals surface area contributed by atoms with Crippen LogP contribution < -0.4 is 10.1 Å². The maximum Gasteiger partial charge on any atom is 0.246 e. The van der Waals surface area contributed by atoms with E-state index in [9.17, 15) is 4.79 Å². The van der Waals surface area contributed by atoms with Gasteiger partial charge in [0.2, 0.25) is 5.91 Å². The number of aromatic amines is 1. The van der Waals surface area contributed by atoms with E-state index in [1.807, 2.05) is 41.3 Å². The van der Waals surface area contributed by atoms with Crippen molar-refractivity contribution >= 4 is 22.9 Å². The molecule has 0 saturated carbocycles. The second-order valence-corrected chi connectivity index (χ2v) is 9.09. The molecule has 3 aromatic rings. The van der Waals surface area contributed by atoms with Gasteiger partial charge in [-0.15, -0.1) is 0 Å². The minimum absolute atomic E-state index is 0.0703. The molecule has 1 atom stereocenters. The zero-order valence-electron chi connectivity index (χ0n) is 20.3. The predicted molar refractivity (Wildman–Crippen MR) is 139 cm³/mol. The maximum absolute atomic E-state index is 12.6. The van der Waals surface area contributed by atoms with Gasteiger partial charge < -0.3 is 19.9 Å². The van der Waals surface area contributed by atoms with Crippen LogP contribution in [0.3, 0.4) is 0 Å². The lowest BCUT2D eigenvalue weighted by molar-refractivity contribution is -0.125. The molecule has 9 heteroatoms. The van der Waals surface area contributed by atoms with Crippen molar-refractivity contribution in [2.24, 2.45) is 0 Å². The van der Waals surface area contributed by atoms with E-state index in [1.54, 1.807) is 6.08 Å². The molecule has 1 aromatic carbocycles. The number of imidazole rings is 1. The average molecular weight is 486 g/mol. The molecule has 2 aliphatic heterocycles. The van der Waals surface area contributed by atoms with Crippen LogP contribution in [-0.2, 0) is 4.79 Å². The molecule has 9 nitrogen and oxygen atoms in total. The number of aromatic nitrogens is 4. The number of likely N-dealkylation sites (tertiary alicyclic amines) is 2. The van der Waals surface area contributed by atoms with Gasteiger partial charge >= 0.3 is 0 Å². The number of benzene rings is 1. The molecular formula is C27H31N7O2. The van der Waals surface area contributed by atoms with Crippen molar-refractivity contribution in [2.45, 2.75) is 31.7 Å². The van der Waals surface area contributed by atoms with Crippen molar-refractivity contribution in [2.75, 3.05) is 44.6 Å². The number of hydrogen-bond acceptors (Lipinski definition) is 7. The fraction of sp³-hybridized carbons (Fsp3) is 0.407. The summed E-state index contributed by atoms with van der Waals surface area (Å²) in [5.74, 6) is 7.98. The fourth-order valence-electron chi connectivity index (χ4n) is 4.57. The van der Waals surface area contributed by atoms with Crippen LogP contribution >= 0.6 is 0 Å². The highest BCUT2D eigenvalue weighted by Crippen LogP contribution is 2.20. The molecule has 4 heterocycles. The van der Waals surface area contributed by atoms with E-state index in [0.29, 0.717) is 29.4 Å². The Hall–Kier alpha value is -3.90. The molecule has 36 heavy (non-hydrogen) atoms. The summed E-state index contributed by atoms with van der Waals surface area (Å²) in [5.41, 5.74) is 1.25. The first-order valence-electron chi connectivity index (χ1n) is 12.6. The van der Waals surface area contributed by atoms with Crippen LogP contribution in [0.5, 0.6) is 5.75 Å². The van der Waals surface area contributed by atoms with Crippen LogP contribution in [0.25, 0.3) is 11.2 Å². The van der Waals surface area contributed by atoms with Crippen LogP contribution in [0.4, 0.5) is 5.82 Å². The largest absolute Gasteiger partial charge is 0.481 e. The number of nitrogens with one attached hydrogen (secondary N) is 2. The molecule has 1 unspecified atom stereocenters. The number of hydrogen-bond donors (Lipinski definition) is 2. The fourth-order valence-corrected chi connectivity index (χ4v) is 4.57. The third-order valence-corrected chi connectivity index (χ3v) is 6.46. The minimum atomic E-state index is 0.0703. The first-order valence-corrected chi connectivity index (χ1v) is 12.6. The molecule has 2 aromatic heterocycles. The Bertz CT molecular complexity index is 1260. The van der Waals surface area contributed by atoms with Crippen LogP contribution in [0, 0.1) is 11.8 Å². The smallest absolute Gasteiger partial charge is 0.246 e. The SMILES string of the molecule is O=C(/C=C/CN1CCCCC1)N1CCC(Nc2ncnc3nc(C#CCOc4ccccc4)[nH]c23)C1. The maximum atomic E-state index is 12.6. The molecule has 2 saturated heterocycles. The van der Waals surface area contributed by atoms with Gasteiger partial charge in [-0.2, -0.15) is 0 Å². The van der Waals surface area contributed by atoms with Crippen LogP contribution in [0.2, 0.25) is 0 Å². The van der Waals surface area contributed by atoms with Crippen molar-refractivity contribution in [1.29, 1.82) is 0 Å². The minimum Gasteiger partial charge on any atom is -0.481 e. The average Bonchev–Trinajstić information content (AvgIpc) is 3.55. The molecule has 0 aliphatic carbocycles. The molecule has 2 N–H and O–H groups in total. The van der Waals surface area contributed by atoms with Gasteiger partial charge in [-0.3, -0.25) is 9.69 Å². The zero-order chi connectivity index (χ0) is 24.6. The van der Waals surface area contributed by atoms with E-state index < -0.39 is 0 Å². The Labute approximate surface area is 211 Å². The Morgan fingerprint density at radius 2 is 2.03 bits per heavy atom. The van der Waals surface area contributed by atoms with Crippen LogP contribution in [0.15, 0.2) is 48.8 Å². The Kier molecular flexibility index (Phi) is 7.73. The summed E-state index contributed by atoms with van der Waals surface area (Å²) in [6, 6.07) is 9.67. The van der Waals surface area contributed by atoms with Gasteiger partial charge in [-0.25, -0.2) is 15.0 Å². The molecule has 186 valence electrons. The number of amides is 1. The lowest BCUT2D eigenvalue weighted by atomic mass is 10.1. The third-order valence-electron chi connectivity index (χ3n) is 6.46. The van der Waals surface area contributed by atoms with E-state index in [0.717, 1.165) is 38.3 Å². The number of nitrogens with zero attached hydrogens (tertiary/aromatic N) is 5. The van der Waals surface area contributed by atoms with Crippen LogP contribution in [0.1, 0.15) is 31.5 Å². The highest BCUT2D eigenvalue weighted by atomic mass is 16.5. The molecule has 0 bridgehead atoms. The Balaban J connectivity index is 1.15. The van der Waals surface area contributed by atoms with Crippen molar-refractivity contribution in [3.05, 3.63) is 54.6 Å². The number of H-pyrrole nitrogens is 1. The highest BCUT2D eigenvalue weighted by molar-refractivity contribution is 5.88. The summed E-state index contributed by atoms with van der Waals surface area (Å²) in [5, 5.41) is 3.46. The van der Waals surface area contributed by atoms with E-state index in [4.69, 9.17) is 4.74 Å². The number of para-hydroxylation sites is 1. The molecule has 5 rings (SSSR count). The topological polar surface area (TPSA) is 99.3 Å². The molecule has 0 radical (unpaired) electrons. The van der Waals surface area contributed by atoms with Crippen molar-refractivity contribution in [3.63, 3.8) is 0 Å². The van der Waals surface area contributed by atoms with Gasteiger partial charge in [-0.1, -0.05) is 36.6 Å². The monoisotopic (exact) mass is 485 g/mol. The van der Waals surface area contributed by atoms with Crippen molar-refractivity contribution < 1.29 is 9.53 Å². The molecule has 0 spiro atoms. The van der Waals surface area contributed by atoms with Gasteiger partial charge in [0.1, 0.15) is 24.2 Å². The number of carbonyl (C=O) groups is 1.